The van der Waals surface area contributed by atoms with E-state index in [2.05, 4.69) is 25.3 Å². The normalized spacial score (nSPS) is 15.8. The lowest BCUT2D eigenvalue weighted by molar-refractivity contribution is -0.134. The molecule has 0 fully saturated rings. The summed E-state index contributed by atoms with van der Waals surface area (Å²) in [4.78, 5) is 28.2. The molecular formula is C23H26ClN7OS. The van der Waals surface area contributed by atoms with Crippen molar-refractivity contribution < 1.29 is 4.79 Å². The van der Waals surface area contributed by atoms with Crippen LogP contribution in [0.1, 0.15) is 16.9 Å². The van der Waals surface area contributed by atoms with Crippen molar-refractivity contribution in [3.05, 3.63) is 46.3 Å². The van der Waals surface area contributed by atoms with Gasteiger partial charge in [-0.1, -0.05) is 11.6 Å². The van der Waals surface area contributed by atoms with E-state index >= 15 is 0 Å². The van der Waals surface area contributed by atoms with Crippen LogP contribution in [0.3, 0.4) is 0 Å². The molecule has 4 heterocycles. The summed E-state index contributed by atoms with van der Waals surface area (Å²) in [6.45, 7) is 1.60. The van der Waals surface area contributed by atoms with Crippen LogP contribution in [0.2, 0.25) is 5.02 Å². The minimum absolute atomic E-state index is 0.0146. The van der Waals surface area contributed by atoms with Crippen LogP contribution in [0.15, 0.2) is 30.9 Å². The minimum atomic E-state index is 0.0146. The quantitative estimate of drug-likeness (QED) is 0.448. The van der Waals surface area contributed by atoms with Crippen molar-refractivity contribution in [2.24, 2.45) is 5.92 Å². The summed E-state index contributed by atoms with van der Waals surface area (Å²) < 4.78 is 1.74. The molecule has 0 radical (unpaired) electrons. The molecule has 8 nitrogen and oxygen atoms in total. The Morgan fingerprint density at radius 2 is 2.15 bits per heavy atom. The Labute approximate surface area is 201 Å². The molecule has 1 aliphatic carbocycles. The first-order valence-corrected chi connectivity index (χ1v) is 12.1. The number of halogens is 1. The van der Waals surface area contributed by atoms with Gasteiger partial charge in [-0.2, -0.15) is 5.10 Å². The maximum Gasteiger partial charge on any atom is 0.225 e. The molecule has 1 aliphatic rings. The van der Waals surface area contributed by atoms with Gasteiger partial charge in [0.1, 0.15) is 17.0 Å². The predicted molar refractivity (Wildman–Crippen MR) is 133 cm³/mol. The lowest BCUT2D eigenvalue weighted by Gasteiger charge is -2.27. The molecule has 1 atom stereocenters. The maximum atomic E-state index is 13.0. The summed E-state index contributed by atoms with van der Waals surface area (Å²) in [7, 11) is 5.95. The van der Waals surface area contributed by atoms with Gasteiger partial charge in [-0.05, 0) is 51.1 Å². The molecule has 0 unspecified atom stereocenters. The molecule has 0 saturated heterocycles. The highest BCUT2D eigenvalue weighted by Gasteiger charge is 2.30. The van der Waals surface area contributed by atoms with E-state index in [1.165, 1.54) is 10.4 Å². The van der Waals surface area contributed by atoms with Crippen LogP contribution in [0.5, 0.6) is 0 Å². The fraction of sp³-hybridized carbons (Fsp3) is 0.391. The number of hydrogen-bond donors (Lipinski definition) is 1. The fourth-order valence-electron chi connectivity index (χ4n) is 4.35. The highest BCUT2D eigenvalue weighted by atomic mass is 35.5. The second-order valence-electron chi connectivity index (χ2n) is 8.77. The third-order valence-corrected chi connectivity index (χ3v) is 7.66. The first kappa shape index (κ1) is 22.1. The van der Waals surface area contributed by atoms with E-state index in [0.717, 1.165) is 59.6 Å². The second kappa shape index (κ2) is 8.89. The van der Waals surface area contributed by atoms with Gasteiger partial charge in [0.2, 0.25) is 5.91 Å². The van der Waals surface area contributed by atoms with Crippen molar-refractivity contribution >= 4 is 56.1 Å². The topological polar surface area (TPSA) is 78.7 Å². The Morgan fingerprint density at radius 1 is 1.30 bits per heavy atom. The van der Waals surface area contributed by atoms with Crippen LogP contribution >= 0.6 is 22.9 Å². The molecule has 0 aliphatic heterocycles. The van der Waals surface area contributed by atoms with E-state index < -0.39 is 0 Å². The third kappa shape index (κ3) is 4.28. The molecule has 5 rings (SSSR count). The number of pyridine rings is 1. The van der Waals surface area contributed by atoms with Gasteiger partial charge < -0.3 is 15.1 Å². The fourth-order valence-corrected chi connectivity index (χ4v) is 5.81. The van der Waals surface area contributed by atoms with Gasteiger partial charge in [0.25, 0.3) is 0 Å². The summed E-state index contributed by atoms with van der Waals surface area (Å²) in [5.41, 5.74) is 2.97. The number of likely N-dealkylation sites (N-methyl/N-ethyl adjacent to an activating group) is 2. The van der Waals surface area contributed by atoms with Crippen molar-refractivity contribution in [1.82, 2.24) is 29.4 Å². The summed E-state index contributed by atoms with van der Waals surface area (Å²) in [6.07, 6.45) is 7.53. The molecule has 172 valence electrons. The van der Waals surface area contributed by atoms with E-state index in [1.54, 1.807) is 34.6 Å². The molecule has 10 heteroatoms. The Balaban J connectivity index is 1.42. The second-order valence-corrected chi connectivity index (χ2v) is 10.3. The Kier molecular flexibility index (Phi) is 5.94. The number of aromatic nitrogens is 4. The average Bonchev–Trinajstić information content (AvgIpc) is 3.40. The zero-order chi connectivity index (χ0) is 23.1. The van der Waals surface area contributed by atoms with Crippen LogP contribution in [-0.4, -0.2) is 69.5 Å². The van der Waals surface area contributed by atoms with Gasteiger partial charge >= 0.3 is 0 Å². The summed E-state index contributed by atoms with van der Waals surface area (Å²) in [6, 6.07) is 3.89. The molecule has 4 aromatic heterocycles. The summed E-state index contributed by atoms with van der Waals surface area (Å²) >= 11 is 8.16. The highest BCUT2D eigenvalue weighted by molar-refractivity contribution is 7.19. The number of thiophene rings is 1. The number of aryl methyl sites for hydroxylation is 1. The minimum Gasteiger partial charge on any atom is -0.344 e. The van der Waals surface area contributed by atoms with Crippen molar-refractivity contribution in [2.45, 2.75) is 19.3 Å². The number of hydrogen-bond acceptors (Lipinski definition) is 7. The number of rotatable bonds is 6. The van der Waals surface area contributed by atoms with Gasteiger partial charge in [0, 0.05) is 43.3 Å². The van der Waals surface area contributed by atoms with Crippen molar-refractivity contribution in [3.8, 4) is 0 Å². The predicted octanol–water partition coefficient (Wildman–Crippen LogP) is 3.86. The standard InChI is InChI=1S/C23H26ClN7OS/c1-29(2)8-9-30(3)23(32)14-4-5-16-19(10-14)33-22-20(16)21(25-13-26-22)28-18-11-15-6-7-27-31(15)12-17(18)24/h6-7,11-14H,4-5,8-10H2,1-3H3,(H,25,26,28)/t14-/m0/s1. The molecule has 4 aromatic rings. The van der Waals surface area contributed by atoms with Crippen LogP contribution in [0.4, 0.5) is 11.5 Å². The summed E-state index contributed by atoms with van der Waals surface area (Å²) in [5, 5.41) is 9.24. The Morgan fingerprint density at radius 3 is 2.97 bits per heavy atom. The van der Waals surface area contributed by atoms with E-state index in [1.807, 2.05) is 38.2 Å². The van der Waals surface area contributed by atoms with E-state index in [9.17, 15) is 4.79 Å². The maximum absolute atomic E-state index is 13.0. The van der Waals surface area contributed by atoms with E-state index in [4.69, 9.17) is 11.6 Å². The zero-order valence-corrected chi connectivity index (χ0v) is 20.4. The molecule has 0 bridgehead atoms. The largest absolute Gasteiger partial charge is 0.344 e. The average molecular weight is 484 g/mol. The van der Waals surface area contributed by atoms with E-state index in [0.29, 0.717) is 5.02 Å². The summed E-state index contributed by atoms with van der Waals surface area (Å²) in [5.74, 6) is 0.988. The number of amides is 1. The van der Waals surface area contributed by atoms with Crippen LogP contribution < -0.4 is 5.32 Å². The monoisotopic (exact) mass is 483 g/mol. The Hall–Kier alpha value is -2.75. The highest BCUT2D eigenvalue weighted by Crippen LogP contribution is 2.41. The lowest BCUT2D eigenvalue weighted by Crippen LogP contribution is -2.39. The van der Waals surface area contributed by atoms with E-state index in [-0.39, 0.29) is 11.8 Å². The molecular weight excluding hydrogens is 458 g/mol. The molecule has 1 amide bonds. The number of nitrogens with one attached hydrogen (secondary N) is 1. The first-order valence-electron chi connectivity index (χ1n) is 11.0. The van der Waals surface area contributed by atoms with Crippen molar-refractivity contribution in [2.75, 3.05) is 39.5 Å². The molecule has 0 saturated carbocycles. The van der Waals surface area contributed by atoms with Crippen LogP contribution in [0.25, 0.3) is 15.7 Å². The van der Waals surface area contributed by atoms with Gasteiger partial charge in [0.05, 0.1) is 21.6 Å². The zero-order valence-electron chi connectivity index (χ0n) is 18.9. The van der Waals surface area contributed by atoms with Gasteiger partial charge in [-0.15, -0.1) is 11.3 Å². The number of fused-ring (bicyclic) bond motifs is 4. The third-order valence-electron chi connectivity index (χ3n) is 6.19. The first-order chi connectivity index (χ1) is 15.9. The van der Waals surface area contributed by atoms with Crippen LogP contribution in [-0.2, 0) is 17.6 Å². The van der Waals surface area contributed by atoms with Crippen molar-refractivity contribution in [1.29, 1.82) is 0 Å². The van der Waals surface area contributed by atoms with Crippen molar-refractivity contribution in [3.63, 3.8) is 0 Å². The molecule has 0 spiro atoms. The Bertz CT molecular complexity index is 1330. The molecule has 1 N–H and O–H groups in total. The van der Waals surface area contributed by atoms with Gasteiger partial charge in [-0.25, -0.2) is 14.5 Å². The molecule has 0 aromatic carbocycles. The SMILES string of the molecule is CN(C)CCN(C)C(=O)[C@H]1CCc2c(sc3ncnc(Nc4cc5ccnn5cc4Cl)c23)C1. The van der Waals surface area contributed by atoms with Crippen LogP contribution in [0, 0.1) is 5.92 Å². The number of carbonyl (C=O) groups is 1. The van der Waals surface area contributed by atoms with Gasteiger partial charge in [-0.3, -0.25) is 4.79 Å². The number of carbonyl (C=O) groups excluding carboxylic acids is 1. The number of anilines is 2. The molecule has 33 heavy (non-hydrogen) atoms. The smallest absolute Gasteiger partial charge is 0.225 e. The number of nitrogens with zero attached hydrogens (tertiary/aromatic N) is 6. The van der Waals surface area contributed by atoms with Gasteiger partial charge in [0.15, 0.2) is 0 Å². The lowest BCUT2D eigenvalue weighted by atomic mass is 9.87.